The fraction of sp³-hybridized carbons (Fsp3) is 0.381. The summed E-state index contributed by atoms with van der Waals surface area (Å²) in [6.07, 6.45) is 2.99. The normalized spacial score (nSPS) is 14.6. The summed E-state index contributed by atoms with van der Waals surface area (Å²) in [7, 11) is 1.58. The highest BCUT2D eigenvalue weighted by Gasteiger charge is 2.29. The number of rotatable bonds is 5. The van der Waals surface area contributed by atoms with E-state index in [1.165, 1.54) is 0 Å². The number of likely N-dealkylation sites (tertiary alicyclic amines) is 1. The van der Waals surface area contributed by atoms with Gasteiger partial charge in [0.05, 0.1) is 30.0 Å². The van der Waals surface area contributed by atoms with Gasteiger partial charge in [-0.25, -0.2) is 4.79 Å². The van der Waals surface area contributed by atoms with E-state index >= 15 is 0 Å². The monoisotopic (exact) mass is 402 g/mol. The third-order valence-electron chi connectivity index (χ3n) is 4.87. The van der Waals surface area contributed by atoms with Gasteiger partial charge in [-0.15, -0.1) is 0 Å². The van der Waals surface area contributed by atoms with Gasteiger partial charge < -0.3 is 14.4 Å². The maximum Gasteiger partial charge on any atom is 0.340 e. The van der Waals surface area contributed by atoms with Crippen molar-refractivity contribution < 1.29 is 19.1 Å². The van der Waals surface area contributed by atoms with Crippen molar-refractivity contribution in [1.82, 2.24) is 9.88 Å². The molecule has 0 unspecified atom stereocenters. The van der Waals surface area contributed by atoms with Crippen molar-refractivity contribution in [3.8, 4) is 5.75 Å². The number of piperidine rings is 1. The molecule has 7 heteroatoms. The predicted molar refractivity (Wildman–Crippen MR) is 106 cm³/mol. The number of ether oxygens (including phenoxy) is 2. The molecule has 0 aliphatic carbocycles. The second kappa shape index (κ2) is 9.06. The number of halogens is 1. The quantitative estimate of drug-likeness (QED) is 0.708. The van der Waals surface area contributed by atoms with Gasteiger partial charge in [-0.3, -0.25) is 9.78 Å². The Morgan fingerprint density at radius 1 is 1.25 bits per heavy atom. The number of nitrogens with zero attached hydrogens (tertiary/aromatic N) is 2. The Balaban J connectivity index is 1.72. The Labute approximate surface area is 169 Å². The zero-order valence-corrected chi connectivity index (χ0v) is 16.7. The lowest BCUT2D eigenvalue weighted by molar-refractivity contribution is 0.0521. The number of pyridine rings is 1. The van der Waals surface area contributed by atoms with E-state index in [4.69, 9.17) is 21.1 Å². The first-order valence-corrected chi connectivity index (χ1v) is 9.67. The molecule has 2 aromatic rings. The molecule has 0 spiro atoms. The molecule has 1 aromatic carbocycles. The van der Waals surface area contributed by atoms with Crippen LogP contribution in [0.1, 0.15) is 52.1 Å². The van der Waals surface area contributed by atoms with Gasteiger partial charge in [-0.2, -0.15) is 0 Å². The zero-order valence-electron chi connectivity index (χ0n) is 16.0. The number of aromatic nitrogens is 1. The van der Waals surface area contributed by atoms with Crippen LogP contribution < -0.4 is 4.74 Å². The SMILES string of the molecule is CCOC(=O)c1cc(Cl)cnc1C1CCN(C(=O)c2cccc(OC)c2)CC1. The highest BCUT2D eigenvalue weighted by Crippen LogP contribution is 2.31. The molecule has 0 atom stereocenters. The number of benzene rings is 1. The van der Waals surface area contributed by atoms with Gasteiger partial charge in [0, 0.05) is 30.8 Å². The molecule has 1 saturated heterocycles. The number of hydrogen-bond acceptors (Lipinski definition) is 5. The lowest BCUT2D eigenvalue weighted by Gasteiger charge is -2.32. The molecule has 1 aliphatic heterocycles. The van der Waals surface area contributed by atoms with E-state index in [9.17, 15) is 9.59 Å². The van der Waals surface area contributed by atoms with E-state index in [1.54, 1.807) is 38.4 Å². The van der Waals surface area contributed by atoms with Crippen molar-refractivity contribution in [3.05, 3.63) is 58.4 Å². The number of carbonyl (C=O) groups excluding carboxylic acids is 2. The van der Waals surface area contributed by atoms with Crippen LogP contribution >= 0.6 is 11.6 Å². The van der Waals surface area contributed by atoms with Crippen LogP contribution in [0.15, 0.2) is 36.5 Å². The first-order chi connectivity index (χ1) is 13.5. The second-order valence-corrected chi connectivity index (χ2v) is 7.04. The van der Waals surface area contributed by atoms with Crippen LogP contribution in [0.3, 0.4) is 0 Å². The van der Waals surface area contributed by atoms with Gasteiger partial charge in [0.2, 0.25) is 0 Å². The highest BCUT2D eigenvalue weighted by molar-refractivity contribution is 6.30. The van der Waals surface area contributed by atoms with Crippen LogP contribution in [0, 0.1) is 0 Å². The van der Waals surface area contributed by atoms with Crippen LogP contribution in [0.4, 0.5) is 0 Å². The van der Waals surface area contributed by atoms with Gasteiger partial charge in [0.25, 0.3) is 5.91 Å². The number of carbonyl (C=O) groups is 2. The molecular weight excluding hydrogens is 380 g/mol. The van der Waals surface area contributed by atoms with E-state index in [2.05, 4.69) is 4.98 Å². The molecule has 0 radical (unpaired) electrons. The highest BCUT2D eigenvalue weighted by atomic mass is 35.5. The zero-order chi connectivity index (χ0) is 20.1. The summed E-state index contributed by atoms with van der Waals surface area (Å²) in [4.78, 5) is 31.3. The van der Waals surface area contributed by atoms with Crippen molar-refractivity contribution in [1.29, 1.82) is 0 Å². The average Bonchev–Trinajstić information content (AvgIpc) is 2.73. The summed E-state index contributed by atoms with van der Waals surface area (Å²) >= 11 is 6.02. The summed E-state index contributed by atoms with van der Waals surface area (Å²) in [6.45, 7) is 3.23. The van der Waals surface area contributed by atoms with Gasteiger partial charge in [-0.05, 0) is 44.0 Å². The van der Waals surface area contributed by atoms with Crippen LogP contribution in [-0.4, -0.2) is 48.6 Å². The lowest BCUT2D eigenvalue weighted by Crippen LogP contribution is -2.38. The molecule has 1 aromatic heterocycles. The van der Waals surface area contributed by atoms with Crippen molar-refractivity contribution in [3.63, 3.8) is 0 Å². The molecule has 1 fully saturated rings. The van der Waals surface area contributed by atoms with Crippen LogP contribution in [-0.2, 0) is 4.74 Å². The predicted octanol–water partition coefficient (Wildman–Crippen LogP) is 3.94. The number of amides is 1. The van der Waals surface area contributed by atoms with Gasteiger partial charge in [-0.1, -0.05) is 17.7 Å². The molecule has 2 heterocycles. The van der Waals surface area contributed by atoms with E-state index < -0.39 is 5.97 Å². The van der Waals surface area contributed by atoms with Crippen molar-refractivity contribution in [2.45, 2.75) is 25.7 Å². The topological polar surface area (TPSA) is 68.7 Å². The standard InChI is InChI=1S/C21H23ClN2O4/c1-3-28-21(26)18-12-16(22)13-23-19(18)14-7-9-24(10-8-14)20(25)15-5-4-6-17(11-15)27-2/h4-6,11-14H,3,7-10H2,1-2H3. The van der Waals surface area contributed by atoms with Crippen molar-refractivity contribution in [2.24, 2.45) is 0 Å². The number of methoxy groups -OCH3 is 1. The molecule has 0 N–H and O–H groups in total. The van der Waals surface area contributed by atoms with Crippen LogP contribution in [0.2, 0.25) is 5.02 Å². The minimum atomic E-state index is -0.414. The Bertz CT molecular complexity index is 863. The molecule has 148 valence electrons. The molecule has 0 bridgehead atoms. The third-order valence-corrected chi connectivity index (χ3v) is 5.07. The molecule has 1 amide bonds. The summed E-state index contributed by atoms with van der Waals surface area (Å²) in [5.74, 6) is 0.297. The molecule has 1 aliphatic rings. The average molecular weight is 403 g/mol. The fourth-order valence-corrected chi connectivity index (χ4v) is 3.60. The summed E-state index contributed by atoms with van der Waals surface area (Å²) in [5.41, 5.74) is 1.71. The van der Waals surface area contributed by atoms with E-state index in [1.807, 2.05) is 17.0 Å². The first kappa shape index (κ1) is 20.1. The third kappa shape index (κ3) is 4.44. The van der Waals surface area contributed by atoms with E-state index in [0.29, 0.717) is 40.7 Å². The first-order valence-electron chi connectivity index (χ1n) is 9.29. The van der Waals surface area contributed by atoms with Crippen molar-refractivity contribution in [2.75, 3.05) is 26.8 Å². The van der Waals surface area contributed by atoms with E-state index in [-0.39, 0.29) is 18.4 Å². The minimum absolute atomic E-state index is 0.0213. The molecule has 28 heavy (non-hydrogen) atoms. The summed E-state index contributed by atoms with van der Waals surface area (Å²) in [5, 5.41) is 0.400. The second-order valence-electron chi connectivity index (χ2n) is 6.61. The maximum atomic E-state index is 12.8. The van der Waals surface area contributed by atoms with Gasteiger partial charge in [0.1, 0.15) is 5.75 Å². The summed E-state index contributed by atoms with van der Waals surface area (Å²) in [6, 6.07) is 8.76. The Hall–Kier alpha value is -2.60. The van der Waals surface area contributed by atoms with Gasteiger partial charge >= 0.3 is 5.97 Å². The molecular formula is C21H23ClN2O4. The Morgan fingerprint density at radius 3 is 2.68 bits per heavy atom. The summed E-state index contributed by atoms with van der Waals surface area (Å²) < 4.78 is 10.3. The largest absolute Gasteiger partial charge is 0.497 e. The van der Waals surface area contributed by atoms with Crippen molar-refractivity contribution >= 4 is 23.5 Å². The molecule has 6 nitrogen and oxygen atoms in total. The maximum absolute atomic E-state index is 12.8. The van der Waals surface area contributed by atoms with E-state index in [0.717, 1.165) is 12.8 Å². The number of esters is 1. The molecule has 0 saturated carbocycles. The van der Waals surface area contributed by atoms with Crippen LogP contribution in [0.25, 0.3) is 0 Å². The van der Waals surface area contributed by atoms with Gasteiger partial charge in [0.15, 0.2) is 0 Å². The smallest absolute Gasteiger partial charge is 0.340 e. The lowest BCUT2D eigenvalue weighted by atomic mass is 9.90. The Kier molecular flexibility index (Phi) is 6.52. The Morgan fingerprint density at radius 2 is 2.00 bits per heavy atom. The fourth-order valence-electron chi connectivity index (χ4n) is 3.44. The number of hydrogen-bond donors (Lipinski definition) is 0. The minimum Gasteiger partial charge on any atom is -0.497 e. The molecule has 3 rings (SSSR count). The van der Waals surface area contributed by atoms with Crippen LogP contribution in [0.5, 0.6) is 5.75 Å².